The molecule has 1 aliphatic heterocycles. The van der Waals surface area contributed by atoms with Gasteiger partial charge >= 0.3 is 6.09 Å². The molecule has 1 aromatic heterocycles. The zero-order chi connectivity index (χ0) is 23.1. The first-order valence-electron chi connectivity index (χ1n) is 10.3. The Morgan fingerprint density at radius 3 is 2.84 bits per heavy atom. The van der Waals surface area contributed by atoms with E-state index in [0.717, 1.165) is 31.4 Å². The van der Waals surface area contributed by atoms with Gasteiger partial charge < -0.3 is 19.1 Å². The van der Waals surface area contributed by atoms with Crippen molar-refractivity contribution in [2.75, 3.05) is 19.5 Å². The lowest BCUT2D eigenvalue weighted by Gasteiger charge is -2.21. The van der Waals surface area contributed by atoms with Crippen LogP contribution in [0.2, 0.25) is 0 Å². The number of rotatable bonds is 5. The third-order valence-electron chi connectivity index (χ3n) is 5.00. The maximum atomic E-state index is 13.5. The molecule has 1 saturated heterocycles. The largest absolute Gasteiger partial charge is 0.443 e. The molecular weight excluding hydrogens is 437 g/mol. The summed E-state index contributed by atoms with van der Waals surface area (Å²) in [5.74, 6) is 0.596. The van der Waals surface area contributed by atoms with Crippen molar-refractivity contribution >= 4 is 17.9 Å². The second kappa shape index (κ2) is 10.9. The van der Waals surface area contributed by atoms with Crippen LogP contribution in [0.1, 0.15) is 39.0 Å². The van der Waals surface area contributed by atoms with Crippen LogP contribution in [0.25, 0.3) is 11.4 Å². The Morgan fingerprint density at radius 2 is 2.25 bits per heavy atom. The topological polar surface area (TPSA) is 107 Å². The molecule has 0 bridgehead atoms. The van der Waals surface area contributed by atoms with Crippen molar-refractivity contribution in [3.8, 4) is 11.4 Å². The quantitative estimate of drug-likeness (QED) is 0.630. The van der Waals surface area contributed by atoms with Crippen molar-refractivity contribution < 1.29 is 28.3 Å². The lowest BCUT2D eigenvalue weighted by atomic mass is 10.0. The van der Waals surface area contributed by atoms with Crippen molar-refractivity contribution in [1.82, 2.24) is 15.5 Å². The molecule has 0 radical (unpaired) electrons. The van der Waals surface area contributed by atoms with Crippen LogP contribution in [0.4, 0.5) is 9.18 Å². The first kappa shape index (κ1) is 24.2. The van der Waals surface area contributed by atoms with Crippen molar-refractivity contribution in [1.29, 1.82) is 0 Å². The standard InChI is InChI=1S/C12H19NO3.C10H9FN2O2S/c1-9-5-10(8-15-7-9)6-13-11(14)16-12(2)3-4-12;1-16-8-3-2-6(4-7(8)11)10-12-9(5-14)15-13-10/h6,9H,3-5,7-8H2,1-2H3,(H,13,14);2-4,14H,5H2,1H3/b10-6-;. The molecule has 10 heteroatoms. The molecule has 1 saturated carbocycles. The van der Waals surface area contributed by atoms with Crippen LogP contribution in [-0.4, -0.2) is 46.4 Å². The van der Waals surface area contributed by atoms with Gasteiger partial charge in [0, 0.05) is 23.3 Å². The summed E-state index contributed by atoms with van der Waals surface area (Å²) in [6.45, 7) is 5.18. The van der Waals surface area contributed by atoms with E-state index in [0.29, 0.717) is 23.0 Å². The highest BCUT2D eigenvalue weighted by atomic mass is 32.2. The number of hydrogen-bond acceptors (Lipinski definition) is 8. The average molecular weight is 466 g/mol. The number of aliphatic hydroxyl groups excluding tert-OH is 1. The van der Waals surface area contributed by atoms with Crippen molar-refractivity contribution in [3.63, 3.8) is 0 Å². The third kappa shape index (κ3) is 7.04. The molecule has 2 aromatic rings. The molecule has 2 fully saturated rings. The first-order chi connectivity index (χ1) is 15.3. The van der Waals surface area contributed by atoms with E-state index in [1.165, 1.54) is 17.8 Å². The monoisotopic (exact) mass is 465 g/mol. The van der Waals surface area contributed by atoms with Crippen LogP contribution in [0.3, 0.4) is 0 Å². The highest BCUT2D eigenvalue weighted by Crippen LogP contribution is 2.38. The van der Waals surface area contributed by atoms with E-state index in [1.54, 1.807) is 24.6 Å². The van der Waals surface area contributed by atoms with Gasteiger partial charge in [0.1, 0.15) is 18.0 Å². The molecule has 174 valence electrons. The van der Waals surface area contributed by atoms with E-state index in [-0.39, 0.29) is 35.8 Å². The molecule has 1 atom stereocenters. The van der Waals surface area contributed by atoms with Gasteiger partial charge in [0.05, 0.1) is 6.61 Å². The van der Waals surface area contributed by atoms with Crippen molar-refractivity contribution in [2.24, 2.45) is 5.92 Å². The van der Waals surface area contributed by atoms with E-state index in [1.807, 2.05) is 6.92 Å². The van der Waals surface area contributed by atoms with Gasteiger partial charge in [-0.05, 0) is 62.1 Å². The Labute approximate surface area is 190 Å². The Hall–Kier alpha value is -2.43. The summed E-state index contributed by atoms with van der Waals surface area (Å²) < 4.78 is 28.8. The Kier molecular flexibility index (Phi) is 8.27. The number of nitrogens with one attached hydrogen (secondary N) is 1. The van der Waals surface area contributed by atoms with Crippen LogP contribution >= 0.6 is 11.8 Å². The van der Waals surface area contributed by atoms with Gasteiger partial charge in [-0.15, -0.1) is 11.8 Å². The van der Waals surface area contributed by atoms with E-state index >= 15 is 0 Å². The SMILES string of the molecule is CC1COC/C(=C\NC(=O)OC2(C)CC2)C1.CSc1ccc(-c2noc(CO)n2)cc1F. The van der Waals surface area contributed by atoms with Gasteiger partial charge in [-0.3, -0.25) is 5.32 Å². The number of aromatic nitrogens is 2. The molecule has 1 aromatic carbocycles. The van der Waals surface area contributed by atoms with Gasteiger partial charge in [0.2, 0.25) is 5.82 Å². The summed E-state index contributed by atoms with van der Waals surface area (Å²) >= 11 is 1.33. The molecule has 0 spiro atoms. The molecule has 32 heavy (non-hydrogen) atoms. The van der Waals surface area contributed by atoms with Gasteiger partial charge in [-0.1, -0.05) is 12.1 Å². The molecular formula is C22H28FN3O5S. The number of hydrogen-bond donors (Lipinski definition) is 2. The average Bonchev–Trinajstić information content (AvgIpc) is 3.30. The van der Waals surface area contributed by atoms with Gasteiger partial charge in [0.25, 0.3) is 5.89 Å². The van der Waals surface area contributed by atoms with Crippen LogP contribution in [0.15, 0.2) is 39.4 Å². The Balaban J connectivity index is 0.000000181. The summed E-state index contributed by atoms with van der Waals surface area (Å²) in [5.41, 5.74) is 1.44. The zero-order valence-corrected chi connectivity index (χ0v) is 19.2. The normalized spacial score (nSPS) is 20.3. The molecule has 1 aliphatic carbocycles. The molecule has 1 amide bonds. The molecule has 4 rings (SSSR count). The molecule has 2 N–H and O–H groups in total. The van der Waals surface area contributed by atoms with Crippen molar-refractivity contribution in [2.45, 2.75) is 50.2 Å². The second-order valence-corrected chi connectivity index (χ2v) is 8.98. The summed E-state index contributed by atoms with van der Waals surface area (Å²) in [5, 5.41) is 15.1. The number of alkyl carbamates (subject to hydrolysis) is 1. The van der Waals surface area contributed by atoms with Gasteiger partial charge in [0.15, 0.2) is 0 Å². The number of nitrogens with zero attached hydrogens (tertiary/aromatic N) is 2. The number of carbonyl (C=O) groups excluding carboxylic acids is 1. The Bertz CT molecular complexity index is 961. The summed E-state index contributed by atoms with van der Waals surface area (Å²) in [6, 6.07) is 4.71. The number of ether oxygens (including phenoxy) is 2. The highest BCUT2D eigenvalue weighted by molar-refractivity contribution is 7.98. The minimum absolute atomic E-state index is 0.115. The summed E-state index contributed by atoms with van der Waals surface area (Å²) in [6.07, 6.45) is 6.09. The van der Waals surface area contributed by atoms with Crippen molar-refractivity contribution in [3.05, 3.63) is 41.7 Å². The summed E-state index contributed by atoms with van der Waals surface area (Å²) in [7, 11) is 0. The minimum atomic E-state index is -0.356. The van der Waals surface area contributed by atoms with Crippen LogP contribution in [-0.2, 0) is 16.1 Å². The number of halogens is 1. The molecule has 2 heterocycles. The third-order valence-corrected chi connectivity index (χ3v) is 5.77. The minimum Gasteiger partial charge on any atom is -0.443 e. The van der Waals surface area contributed by atoms with Gasteiger partial charge in [-0.25, -0.2) is 9.18 Å². The lowest BCUT2D eigenvalue weighted by Crippen LogP contribution is -2.26. The molecule has 1 unspecified atom stereocenters. The fraction of sp³-hybridized carbons (Fsp3) is 0.500. The number of benzene rings is 1. The predicted molar refractivity (Wildman–Crippen MR) is 117 cm³/mol. The Morgan fingerprint density at radius 1 is 1.47 bits per heavy atom. The van der Waals surface area contributed by atoms with Crippen LogP contribution in [0, 0.1) is 11.7 Å². The highest BCUT2D eigenvalue weighted by Gasteiger charge is 2.41. The second-order valence-electron chi connectivity index (χ2n) is 8.13. The predicted octanol–water partition coefficient (Wildman–Crippen LogP) is 4.30. The molecule has 2 aliphatic rings. The number of thioether (sulfide) groups is 1. The maximum Gasteiger partial charge on any atom is 0.411 e. The maximum absolute atomic E-state index is 13.5. The molecule has 8 nitrogen and oxygen atoms in total. The van der Waals surface area contributed by atoms with Crippen LogP contribution < -0.4 is 5.32 Å². The fourth-order valence-corrected chi connectivity index (χ4v) is 3.45. The number of aliphatic hydroxyl groups is 1. The fourth-order valence-electron chi connectivity index (χ4n) is 2.99. The number of amides is 1. The zero-order valence-electron chi connectivity index (χ0n) is 18.4. The summed E-state index contributed by atoms with van der Waals surface area (Å²) in [4.78, 5) is 15.9. The van der Waals surface area contributed by atoms with E-state index in [9.17, 15) is 9.18 Å². The van der Waals surface area contributed by atoms with Crippen LogP contribution in [0.5, 0.6) is 0 Å². The first-order valence-corrected chi connectivity index (χ1v) is 11.6. The van der Waals surface area contributed by atoms with E-state index in [4.69, 9.17) is 19.1 Å². The van der Waals surface area contributed by atoms with Gasteiger partial charge in [-0.2, -0.15) is 4.98 Å². The van der Waals surface area contributed by atoms with E-state index in [2.05, 4.69) is 22.4 Å². The van der Waals surface area contributed by atoms with E-state index < -0.39 is 0 Å². The number of carbonyl (C=O) groups is 1. The smallest absolute Gasteiger partial charge is 0.411 e. The lowest BCUT2D eigenvalue weighted by molar-refractivity contribution is 0.0909.